The SMILES string of the molecule is O=C(O)C(O)c1ccc(OCC2CCCCO2)cc1. The first-order chi connectivity index (χ1) is 9.16. The van der Waals surface area contributed by atoms with Crippen LogP contribution in [0.5, 0.6) is 5.75 Å². The molecule has 0 radical (unpaired) electrons. The second kappa shape index (κ2) is 6.54. The highest BCUT2D eigenvalue weighted by Crippen LogP contribution is 2.19. The van der Waals surface area contributed by atoms with Gasteiger partial charge in [0.05, 0.1) is 6.10 Å². The fraction of sp³-hybridized carbons (Fsp3) is 0.500. The van der Waals surface area contributed by atoms with Crippen LogP contribution < -0.4 is 4.74 Å². The van der Waals surface area contributed by atoms with Crippen LogP contribution in [0.3, 0.4) is 0 Å². The molecule has 0 amide bonds. The van der Waals surface area contributed by atoms with Crippen molar-refractivity contribution in [3.8, 4) is 5.75 Å². The molecule has 0 aliphatic carbocycles. The number of aliphatic carboxylic acids is 1. The van der Waals surface area contributed by atoms with E-state index in [0.29, 0.717) is 17.9 Å². The van der Waals surface area contributed by atoms with Crippen molar-refractivity contribution in [3.05, 3.63) is 29.8 Å². The lowest BCUT2D eigenvalue weighted by Crippen LogP contribution is -2.25. The van der Waals surface area contributed by atoms with Gasteiger partial charge < -0.3 is 19.7 Å². The first-order valence-corrected chi connectivity index (χ1v) is 6.42. The van der Waals surface area contributed by atoms with Crippen molar-refractivity contribution >= 4 is 5.97 Å². The number of ether oxygens (including phenoxy) is 2. The quantitative estimate of drug-likeness (QED) is 0.849. The summed E-state index contributed by atoms with van der Waals surface area (Å²) in [7, 11) is 0. The summed E-state index contributed by atoms with van der Waals surface area (Å²) in [5.74, 6) is -0.611. The second-order valence-corrected chi connectivity index (χ2v) is 4.61. The van der Waals surface area contributed by atoms with Gasteiger partial charge in [0.25, 0.3) is 0 Å². The van der Waals surface area contributed by atoms with Crippen LogP contribution in [0.1, 0.15) is 30.9 Å². The van der Waals surface area contributed by atoms with Crippen LogP contribution in [0, 0.1) is 0 Å². The van der Waals surface area contributed by atoms with E-state index in [-0.39, 0.29) is 6.10 Å². The van der Waals surface area contributed by atoms with Gasteiger partial charge >= 0.3 is 5.97 Å². The van der Waals surface area contributed by atoms with E-state index in [1.807, 2.05) is 0 Å². The average Bonchev–Trinajstić information content (AvgIpc) is 2.46. The molecule has 2 atom stereocenters. The van der Waals surface area contributed by atoms with Crippen LogP contribution in [-0.4, -0.2) is 35.5 Å². The topological polar surface area (TPSA) is 76.0 Å². The number of hydrogen-bond donors (Lipinski definition) is 2. The molecule has 1 saturated heterocycles. The van der Waals surface area contributed by atoms with Gasteiger partial charge in [-0.2, -0.15) is 0 Å². The number of carbonyl (C=O) groups is 1. The molecule has 2 rings (SSSR count). The lowest BCUT2D eigenvalue weighted by molar-refractivity contribution is -0.146. The van der Waals surface area contributed by atoms with Crippen molar-refractivity contribution in [1.82, 2.24) is 0 Å². The summed E-state index contributed by atoms with van der Waals surface area (Å²) in [4.78, 5) is 10.6. The van der Waals surface area contributed by atoms with E-state index >= 15 is 0 Å². The number of benzene rings is 1. The molecule has 1 heterocycles. The van der Waals surface area contributed by atoms with Gasteiger partial charge in [0.2, 0.25) is 0 Å². The summed E-state index contributed by atoms with van der Waals surface area (Å²) in [6, 6.07) is 6.42. The molecule has 1 aromatic rings. The zero-order valence-electron chi connectivity index (χ0n) is 10.6. The third-order valence-electron chi connectivity index (χ3n) is 3.14. The Kier molecular flexibility index (Phi) is 4.76. The Morgan fingerprint density at radius 2 is 2.11 bits per heavy atom. The summed E-state index contributed by atoms with van der Waals surface area (Å²) in [5.41, 5.74) is 0.341. The fourth-order valence-corrected chi connectivity index (χ4v) is 2.02. The zero-order chi connectivity index (χ0) is 13.7. The van der Waals surface area contributed by atoms with Crippen LogP contribution in [0.2, 0.25) is 0 Å². The lowest BCUT2D eigenvalue weighted by atomic mass is 10.1. The van der Waals surface area contributed by atoms with Gasteiger partial charge in [-0.05, 0) is 37.0 Å². The molecular formula is C14H18O5. The Balaban J connectivity index is 1.86. The molecule has 1 aromatic carbocycles. The predicted molar refractivity (Wildman–Crippen MR) is 68.1 cm³/mol. The molecule has 1 aliphatic heterocycles. The second-order valence-electron chi connectivity index (χ2n) is 4.61. The Bertz CT molecular complexity index is 408. The van der Waals surface area contributed by atoms with E-state index in [4.69, 9.17) is 14.6 Å². The number of carboxylic acids is 1. The van der Waals surface area contributed by atoms with Crippen LogP contribution >= 0.6 is 0 Å². The predicted octanol–water partition coefficient (Wildman–Crippen LogP) is 1.75. The summed E-state index contributed by atoms with van der Waals surface area (Å²) in [6.07, 6.45) is 1.93. The van der Waals surface area contributed by atoms with Gasteiger partial charge in [0, 0.05) is 6.61 Å². The molecule has 1 aliphatic rings. The van der Waals surface area contributed by atoms with Crippen molar-refractivity contribution in [2.75, 3.05) is 13.2 Å². The minimum atomic E-state index is -1.49. The highest BCUT2D eigenvalue weighted by Gasteiger charge is 2.16. The van der Waals surface area contributed by atoms with Gasteiger partial charge in [-0.25, -0.2) is 4.79 Å². The Morgan fingerprint density at radius 3 is 2.68 bits per heavy atom. The van der Waals surface area contributed by atoms with Crippen LogP contribution in [0.25, 0.3) is 0 Å². The van der Waals surface area contributed by atoms with Gasteiger partial charge in [-0.15, -0.1) is 0 Å². The summed E-state index contributed by atoms with van der Waals surface area (Å²) in [5, 5.41) is 18.0. The van der Waals surface area contributed by atoms with E-state index in [1.165, 1.54) is 0 Å². The van der Waals surface area contributed by atoms with E-state index in [9.17, 15) is 9.90 Å². The average molecular weight is 266 g/mol. The Labute approximate surface area is 111 Å². The highest BCUT2D eigenvalue weighted by atomic mass is 16.5. The molecule has 2 N–H and O–H groups in total. The lowest BCUT2D eigenvalue weighted by Gasteiger charge is -2.22. The maximum Gasteiger partial charge on any atom is 0.337 e. The summed E-state index contributed by atoms with van der Waals surface area (Å²) in [6.45, 7) is 1.29. The van der Waals surface area contributed by atoms with Crippen molar-refractivity contribution < 1.29 is 24.5 Å². The largest absolute Gasteiger partial charge is 0.491 e. The van der Waals surface area contributed by atoms with Crippen LogP contribution in [-0.2, 0) is 9.53 Å². The van der Waals surface area contributed by atoms with E-state index in [2.05, 4.69) is 0 Å². The molecule has 5 heteroatoms. The third kappa shape index (κ3) is 3.94. The Morgan fingerprint density at radius 1 is 1.37 bits per heavy atom. The van der Waals surface area contributed by atoms with Crippen molar-refractivity contribution in [3.63, 3.8) is 0 Å². The maximum atomic E-state index is 10.6. The fourth-order valence-electron chi connectivity index (χ4n) is 2.02. The number of aliphatic hydroxyl groups is 1. The van der Waals surface area contributed by atoms with Gasteiger partial charge in [-0.1, -0.05) is 12.1 Å². The van der Waals surface area contributed by atoms with Gasteiger partial charge in [0.15, 0.2) is 6.10 Å². The molecule has 104 valence electrons. The smallest absolute Gasteiger partial charge is 0.337 e. The van der Waals surface area contributed by atoms with Gasteiger partial charge in [-0.3, -0.25) is 0 Å². The summed E-state index contributed by atoms with van der Waals surface area (Å²) < 4.78 is 11.1. The molecule has 5 nitrogen and oxygen atoms in total. The van der Waals surface area contributed by atoms with Crippen molar-refractivity contribution in [1.29, 1.82) is 0 Å². The van der Waals surface area contributed by atoms with Crippen molar-refractivity contribution in [2.24, 2.45) is 0 Å². The number of hydrogen-bond acceptors (Lipinski definition) is 4. The van der Waals surface area contributed by atoms with Crippen molar-refractivity contribution in [2.45, 2.75) is 31.5 Å². The molecule has 1 fully saturated rings. The Hall–Kier alpha value is -1.59. The highest BCUT2D eigenvalue weighted by molar-refractivity contribution is 5.74. The molecule has 2 unspecified atom stereocenters. The molecule has 0 bridgehead atoms. The van der Waals surface area contributed by atoms with Crippen LogP contribution in [0.4, 0.5) is 0 Å². The minimum Gasteiger partial charge on any atom is -0.491 e. The van der Waals surface area contributed by atoms with E-state index in [1.54, 1.807) is 24.3 Å². The van der Waals surface area contributed by atoms with E-state index < -0.39 is 12.1 Å². The van der Waals surface area contributed by atoms with Gasteiger partial charge in [0.1, 0.15) is 12.4 Å². The first kappa shape index (κ1) is 13.8. The summed E-state index contributed by atoms with van der Waals surface area (Å²) >= 11 is 0. The molecule has 0 aromatic heterocycles. The standard InChI is InChI=1S/C14H18O5/c15-13(14(16)17)10-4-6-11(7-5-10)19-9-12-3-1-2-8-18-12/h4-7,12-13,15H,1-3,8-9H2,(H,16,17). The molecule has 0 saturated carbocycles. The number of carboxylic acid groups (broad SMARTS) is 1. The zero-order valence-corrected chi connectivity index (χ0v) is 10.6. The molecule has 19 heavy (non-hydrogen) atoms. The van der Waals surface area contributed by atoms with Crippen LogP contribution in [0.15, 0.2) is 24.3 Å². The number of aliphatic hydroxyl groups excluding tert-OH is 1. The monoisotopic (exact) mass is 266 g/mol. The minimum absolute atomic E-state index is 0.137. The molecular weight excluding hydrogens is 248 g/mol. The normalized spacial score (nSPS) is 20.8. The third-order valence-corrected chi connectivity index (χ3v) is 3.14. The molecule has 0 spiro atoms. The van der Waals surface area contributed by atoms with E-state index in [0.717, 1.165) is 25.9 Å². The first-order valence-electron chi connectivity index (χ1n) is 6.42. The maximum absolute atomic E-state index is 10.6. The number of rotatable bonds is 5.